The lowest BCUT2D eigenvalue weighted by Gasteiger charge is -2.58. The Balaban J connectivity index is 1.87. The van der Waals surface area contributed by atoms with Crippen LogP contribution in [-0.4, -0.2) is 11.5 Å². The van der Waals surface area contributed by atoms with E-state index >= 15 is 0 Å². The summed E-state index contributed by atoms with van der Waals surface area (Å²) in [6.07, 6.45) is 7.04. The predicted molar refractivity (Wildman–Crippen MR) is 60.4 cm³/mol. The van der Waals surface area contributed by atoms with Crippen molar-refractivity contribution in [3.63, 3.8) is 0 Å². The SMILES string of the molecule is CCOC1(S)C2CC3CC(C2)CC1C3. The van der Waals surface area contributed by atoms with E-state index in [1.54, 1.807) is 0 Å². The Hall–Kier alpha value is 0.310. The van der Waals surface area contributed by atoms with Crippen LogP contribution in [0.3, 0.4) is 0 Å². The lowest BCUT2D eigenvalue weighted by Crippen LogP contribution is -2.55. The van der Waals surface area contributed by atoms with Crippen LogP contribution in [0.25, 0.3) is 0 Å². The molecule has 0 amide bonds. The van der Waals surface area contributed by atoms with Crippen LogP contribution >= 0.6 is 12.6 Å². The van der Waals surface area contributed by atoms with Crippen molar-refractivity contribution in [2.24, 2.45) is 23.7 Å². The molecular formula is C12H20OS. The first-order chi connectivity index (χ1) is 6.72. The molecule has 4 bridgehead atoms. The number of rotatable bonds is 2. The standard InChI is InChI=1S/C12H20OS/c1-2-13-12(14)10-4-8-3-9(6-10)7-11(12)5-8/h8-11,14H,2-7H2,1H3. The van der Waals surface area contributed by atoms with Crippen LogP contribution in [0.15, 0.2) is 0 Å². The monoisotopic (exact) mass is 212 g/mol. The molecule has 4 aliphatic carbocycles. The highest BCUT2D eigenvalue weighted by Crippen LogP contribution is 2.60. The molecule has 0 atom stereocenters. The highest BCUT2D eigenvalue weighted by atomic mass is 32.1. The average molecular weight is 212 g/mol. The van der Waals surface area contributed by atoms with E-state index in [0.717, 1.165) is 30.3 Å². The van der Waals surface area contributed by atoms with Crippen molar-refractivity contribution >= 4 is 12.6 Å². The maximum Gasteiger partial charge on any atom is 0.116 e. The minimum atomic E-state index is -0.0534. The quantitative estimate of drug-likeness (QED) is 0.546. The second kappa shape index (κ2) is 3.15. The average Bonchev–Trinajstić information content (AvgIpc) is 2.14. The number of hydrogen-bond acceptors (Lipinski definition) is 2. The Morgan fingerprint density at radius 1 is 1.07 bits per heavy atom. The third-order valence-corrected chi connectivity index (χ3v) is 5.54. The molecule has 4 aliphatic rings. The van der Waals surface area contributed by atoms with Crippen LogP contribution in [-0.2, 0) is 4.74 Å². The van der Waals surface area contributed by atoms with Gasteiger partial charge in [0.05, 0.1) is 0 Å². The zero-order valence-corrected chi connectivity index (χ0v) is 9.80. The molecule has 0 aromatic rings. The number of thiol groups is 1. The van der Waals surface area contributed by atoms with Crippen LogP contribution in [0.5, 0.6) is 0 Å². The van der Waals surface area contributed by atoms with Crippen LogP contribution in [0.4, 0.5) is 0 Å². The Morgan fingerprint density at radius 3 is 2.00 bits per heavy atom. The number of hydrogen-bond donors (Lipinski definition) is 1. The molecule has 2 heteroatoms. The topological polar surface area (TPSA) is 9.23 Å². The van der Waals surface area contributed by atoms with E-state index in [1.165, 1.54) is 32.1 Å². The van der Waals surface area contributed by atoms with E-state index in [4.69, 9.17) is 17.4 Å². The Kier molecular flexibility index (Phi) is 2.14. The van der Waals surface area contributed by atoms with E-state index in [-0.39, 0.29) is 4.93 Å². The lowest BCUT2D eigenvalue weighted by molar-refractivity contribution is -0.145. The minimum absolute atomic E-state index is 0.0534. The molecule has 0 aromatic heterocycles. The van der Waals surface area contributed by atoms with E-state index in [2.05, 4.69) is 6.92 Å². The van der Waals surface area contributed by atoms with Crippen LogP contribution < -0.4 is 0 Å². The molecule has 4 fully saturated rings. The Bertz CT molecular complexity index is 210. The van der Waals surface area contributed by atoms with Crippen molar-refractivity contribution in [3.05, 3.63) is 0 Å². The second-order valence-corrected chi connectivity index (χ2v) is 6.19. The normalized spacial score (nSPS) is 55.3. The molecule has 80 valence electrons. The first-order valence-corrected chi connectivity index (χ1v) is 6.53. The van der Waals surface area contributed by atoms with Gasteiger partial charge in [-0.25, -0.2) is 0 Å². The largest absolute Gasteiger partial charge is 0.364 e. The van der Waals surface area contributed by atoms with E-state index in [0.29, 0.717) is 0 Å². The van der Waals surface area contributed by atoms with Gasteiger partial charge in [-0.2, -0.15) is 0 Å². The summed E-state index contributed by atoms with van der Waals surface area (Å²) in [4.78, 5) is -0.0534. The van der Waals surface area contributed by atoms with Gasteiger partial charge in [-0.05, 0) is 62.7 Å². The summed E-state index contributed by atoms with van der Waals surface area (Å²) in [6, 6.07) is 0. The summed E-state index contributed by atoms with van der Waals surface area (Å²) in [5.74, 6) is 3.53. The van der Waals surface area contributed by atoms with Gasteiger partial charge in [0.25, 0.3) is 0 Å². The number of ether oxygens (including phenoxy) is 1. The van der Waals surface area contributed by atoms with Gasteiger partial charge in [0.15, 0.2) is 0 Å². The van der Waals surface area contributed by atoms with Crippen LogP contribution in [0.1, 0.15) is 39.0 Å². The van der Waals surface area contributed by atoms with E-state index < -0.39 is 0 Å². The van der Waals surface area contributed by atoms with Gasteiger partial charge >= 0.3 is 0 Å². The zero-order valence-electron chi connectivity index (χ0n) is 8.91. The van der Waals surface area contributed by atoms with Gasteiger partial charge in [0.2, 0.25) is 0 Å². The molecule has 14 heavy (non-hydrogen) atoms. The first kappa shape index (κ1) is 9.53. The molecule has 0 N–H and O–H groups in total. The summed E-state index contributed by atoms with van der Waals surface area (Å²) in [5, 5.41) is 0. The van der Waals surface area contributed by atoms with Crippen molar-refractivity contribution in [1.82, 2.24) is 0 Å². The zero-order chi connectivity index (χ0) is 9.76. The molecule has 4 rings (SSSR count). The van der Waals surface area contributed by atoms with Gasteiger partial charge in [-0.3, -0.25) is 0 Å². The molecule has 0 spiro atoms. The smallest absolute Gasteiger partial charge is 0.116 e. The minimum Gasteiger partial charge on any atom is -0.364 e. The maximum absolute atomic E-state index is 5.97. The fourth-order valence-corrected chi connectivity index (χ4v) is 4.88. The predicted octanol–water partition coefficient (Wildman–Crippen LogP) is 3.11. The van der Waals surface area contributed by atoms with Gasteiger partial charge in [0.1, 0.15) is 4.93 Å². The molecule has 0 aromatic carbocycles. The third kappa shape index (κ3) is 1.19. The van der Waals surface area contributed by atoms with Gasteiger partial charge in [0, 0.05) is 6.61 Å². The van der Waals surface area contributed by atoms with Gasteiger partial charge in [-0.1, -0.05) is 0 Å². The fourth-order valence-electron chi connectivity index (χ4n) is 4.33. The molecule has 0 saturated heterocycles. The van der Waals surface area contributed by atoms with Crippen molar-refractivity contribution in [2.75, 3.05) is 6.61 Å². The van der Waals surface area contributed by atoms with Gasteiger partial charge < -0.3 is 4.74 Å². The summed E-state index contributed by atoms with van der Waals surface area (Å²) >= 11 is 4.89. The second-order valence-electron chi connectivity index (χ2n) is 5.49. The summed E-state index contributed by atoms with van der Waals surface area (Å²) in [5.41, 5.74) is 0. The molecule has 0 aliphatic heterocycles. The van der Waals surface area contributed by atoms with Crippen molar-refractivity contribution in [1.29, 1.82) is 0 Å². The van der Waals surface area contributed by atoms with Crippen LogP contribution in [0, 0.1) is 23.7 Å². The van der Waals surface area contributed by atoms with Crippen molar-refractivity contribution < 1.29 is 4.74 Å². The van der Waals surface area contributed by atoms with Crippen LogP contribution in [0.2, 0.25) is 0 Å². The molecule has 0 unspecified atom stereocenters. The summed E-state index contributed by atoms with van der Waals surface area (Å²) in [7, 11) is 0. The lowest BCUT2D eigenvalue weighted by atomic mass is 9.54. The molecule has 4 saturated carbocycles. The van der Waals surface area contributed by atoms with Crippen molar-refractivity contribution in [3.8, 4) is 0 Å². The Labute approximate surface area is 92.0 Å². The highest BCUT2D eigenvalue weighted by Gasteiger charge is 2.56. The summed E-state index contributed by atoms with van der Waals surface area (Å²) in [6.45, 7) is 2.93. The molecule has 0 radical (unpaired) electrons. The van der Waals surface area contributed by atoms with Gasteiger partial charge in [-0.15, -0.1) is 12.6 Å². The van der Waals surface area contributed by atoms with Crippen molar-refractivity contribution in [2.45, 2.75) is 44.0 Å². The fraction of sp³-hybridized carbons (Fsp3) is 1.00. The van der Waals surface area contributed by atoms with E-state index in [1.807, 2.05) is 0 Å². The third-order valence-electron chi connectivity index (χ3n) is 4.68. The molecule has 1 nitrogen and oxygen atoms in total. The van der Waals surface area contributed by atoms with E-state index in [9.17, 15) is 0 Å². The molecule has 0 heterocycles. The maximum atomic E-state index is 5.97. The Morgan fingerprint density at radius 2 is 1.57 bits per heavy atom. The molecular weight excluding hydrogens is 192 g/mol. The summed E-state index contributed by atoms with van der Waals surface area (Å²) < 4.78 is 5.97. The highest BCUT2D eigenvalue weighted by molar-refractivity contribution is 7.81. The first-order valence-electron chi connectivity index (χ1n) is 6.08.